The fourth-order valence-electron chi connectivity index (χ4n) is 3.64. The summed E-state index contributed by atoms with van der Waals surface area (Å²) in [5.74, 6) is 0.923. The SMILES string of the molecule is C[C@H](C(=O)NCc1ccc2c(c1)OCO2)N(Cc1ccc(Cl)cc1)C(=O)Cc1ccc(Cl)cc1. The maximum atomic E-state index is 13.3. The summed E-state index contributed by atoms with van der Waals surface area (Å²) in [7, 11) is 0. The maximum absolute atomic E-state index is 13.3. The van der Waals surface area contributed by atoms with E-state index in [1.54, 1.807) is 36.1 Å². The fraction of sp³-hybridized carbons (Fsp3) is 0.231. The van der Waals surface area contributed by atoms with Crippen LogP contribution in [0.25, 0.3) is 0 Å². The Bertz CT molecular complexity index is 1170. The lowest BCUT2D eigenvalue weighted by atomic mass is 10.1. The normalized spacial score (nSPS) is 12.8. The largest absolute Gasteiger partial charge is 0.454 e. The number of nitrogens with one attached hydrogen (secondary N) is 1. The summed E-state index contributed by atoms with van der Waals surface area (Å²) in [6.07, 6.45) is 0.157. The third-order valence-corrected chi connectivity index (χ3v) is 6.11. The fourth-order valence-corrected chi connectivity index (χ4v) is 3.89. The summed E-state index contributed by atoms with van der Waals surface area (Å²) in [5, 5.41) is 4.13. The predicted octanol–water partition coefficient (Wildman–Crippen LogP) is 5.00. The molecule has 176 valence electrons. The van der Waals surface area contributed by atoms with E-state index in [0.29, 0.717) is 28.1 Å². The Kier molecular flexibility index (Phi) is 7.60. The molecule has 1 aliphatic rings. The van der Waals surface area contributed by atoms with E-state index in [1.807, 2.05) is 42.5 Å². The van der Waals surface area contributed by atoms with Crippen LogP contribution in [0.3, 0.4) is 0 Å². The first-order chi connectivity index (χ1) is 16.4. The highest BCUT2D eigenvalue weighted by molar-refractivity contribution is 6.30. The summed E-state index contributed by atoms with van der Waals surface area (Å²) in [6, 6.07) is 19.2. The first kappa shape index (κ1) is 23.9. The molecule has 3 aromatic rings. The van der Waals surface area contributed by atoms with Gasteiger partial charge in [0.2, 0.25) is 18.6 Å². The van der Waals surface area contributed by atoms with Crippen LogP contribution in [0, 0.1) is 0 Å². The minimum Gasteiger partial charge on any atom is -0.454 e. The zero-order valence-electron chi connectivity index (χ0n) is 18.6. The molecule has 1 N–H and O–H groups in total. The van der Waals surface area contributed by atoms with Gasteiger partial charge in [-0.15, -0.1) is 0 Å². The molecule has 2 amide bonds. The minimum atomic E-state index is -0.690. The van der Waals surface area contributed by atoms with Crippen LogP contribution in [-0.2, 0) is 29.1 Å². The highest BCUT2D eigenvalue weighted by Crippen LogP contribution is 2.32. The lowest BCUT2D eigenvalue weighted by Gasteiger charge is -2.29. The third kappa shape index (κ3) is 6.01. The molecule has 0 unspecified atom stereocenters. The van der Waals surface area contributed by atoms with Gasteiger partial charge in [-0.3, -0.25) is 9.59 Å². The molecule has 0 bridgehead atoms. The maximum Gasteiger partial charge on any atom is 0.242 e. The van der Waals surface area contributed by atoms with E-state index in [2.05, 4.69) is 5.32 Å². The number of ether oxygens (including phenoxy) is 2. The van der Waals surface area contributed by atoms with E-state index in [9.17, 15) is 9.59 Å². The Morgan fingerprint density at radius 2 is 1.47 bits per heavy atom. The predicted molar refractivity (Wildman–Crippen MR) is 131 cm³/mol. The molecular weight excluding hydrogens is 475 g/mol. The average molecular weight is 499 g/mol. The van der Waals surface area contributed by atoms with E-state index < -0.39 is 6.04 Å². The molecule has 1 heterocycles. The van der Waals surface area contributed by atoms with Crippen LogP contribution < -0.4 is 14.8 Å². The molecule has 0 radical (unpaired) electrons. The second-order valence-corrected chi connectivity index (χ2v) is 8.91. The van der Waals surface area contributed by atoms with Gasteiger partial charge in [0.1, 0.15) is 6.04 Å². The molecule has 0 aliphatic carbocycles. The zero-order chi connectivity index (χ0) is 24.1. The highest BCUT2D eigenvalue weighted by atomic mass is 35.5. The van der Waals surface area contributed by atoms with Gasteiger partial charge in [0.05, 0.1) is 6.42 Å². The number of halogens is 2. The molecule has 0 spiro atoms. The van der Waals surface area contributed by atoms with Crippen LogP contribution in [0.5, 0.6) is 11.5 Å². The number of benzene rings is 3. The average Bonchev–Trinajstić information content (AvgIpc) is 3.31. The van der Waals surface area contributed by atoms with Gasteiger partial charge in [0.25, 0.3) is 0 Å². The summed E-state index contributed by atoms with van der Waals surface area (Å²) in [4.78, 5) is 27.9. The molecule has 0 fully saturated rings. The Hall–Kier alpha value is -3.22. The number of nitrogens with zero attached hydrogens (tertiary/aromatic N) is 1. The number of fused-ring (bicyclic) bond motifs is 1. The standard InChI is InChI=1S/C26H24Cl2N2O4/c1-17(26(32)29-14-20-6-11-23-24(12-20)34-16-33-23)30(15-19-4-9-22(28)10-5-19)25(31)13-18-2-7-21(27)8-3-18/h2-12,17H,13-16H2,1H3,(H,29,32)/t17-/m1/s1. The van der Waals surface area contributed by atoms with Crippen molar-refractivity contribution in [1.82, 2.24) is 10.2 Å². The van der Waals surface area contributed by atoms with Crippen molar-refractivity contribution in [1.29, 1.82) is 0 Å². The summed E-state index contributed by atoms with van der Waals surface area (Å²) in [5.41, 5.74) is 2.58. The van der Waals surface area contributed by atoms with Crippen LogP contribution in [-0.4, -0.2) is 29.5 Å². The number of carbonyl (C=O) groups excluding carboxylic acids is 2. The lowest BCUT2D eigenvalue weighted by Crippen LogP contribution is -2.47. The van der Waals surface area contributed by atoms with Crippen LogP contribution in [0.15, 0.2) is 66.7 Å². The van der Waals surface area contributed by atoms with E-state index in [4.69, 9.17) is 32.7 Å². The first-order valence-electron chi connectivity index (χ1n) is 10.8. The van der Waals surface area contributed by atoms with E-state index >= 15 is 0 Å². The molecule has 0 aromatic heterocycles. The van der Waals surface area contributed by atoms with Crippen LogP contribution in [0.1, 0.15) is 23.6 Å². The van der Waals surface area contributed by atoms with Gasteiger partial charge in [-0.25, -0.2) is 0 Å². The molecule has 0 saturated heterocycles. The Balaban J connectivity index is 1.46. The molecule has 1 atom stereocenters. The Morgan fingerprint density at radius 1 is 0.882 bits per heavy atom. The van der Waals surface area contributed by atoms with Gasteiger partial charge in [-0.2, -0.15) is 0 Å². The van der Waals surface area contributed by atoms with E-state index in [0.717, 1.165) is 16.7 Å². The highest BCUT2D eigenvalue weighted by Gasteiger charge is 2.26. The quantitative estimate of drug-likeness (QED) is 0.474. The molecule has 8 heteroatoms. The van der Waals surface area contributed by atoms with Crippen molar-refractivity contribution in [2.24, 2.45) is 0 Å². The molecular formula is C26H24Cl2N2O4. The topological polar surface area (TPSA) is 67.9 Å². The minimum absolute atomic E-state index is 0.157. The van der Waals surface area contributed by atoms with Crippen molar-refractivity contribution in [2.45, 2.75) is 32.5 Å². The number of amides is 2. The smallest absolute Gasteiger partial charge is 0.242 e. The lowest BCUT2D eigenvalue weighted by molar-refractivity contribution is -0.140. The summed E-state index contributed by atoms with van der Waals surface area (Å²) < 4.78 is 10.7. The van der Waals surface area contributed by atoms with Gasteiger partial charge in [-0.1, -0.05) is 53.5 Å². The van der Waals surface area contributed by atoms with Gasteiger partial charge < -0.3 is 19.7 Å². The molecule has 34 heavy (non-hydrogen) atoms. The van der Waals surface area contributed by atoms with Gasteiger partial charge in [-0.05, 0) is 60.0 Å². The second kappa shape index (κ2) is 10.8. The number of hydrogen-bond donors (Lipinski definition) is 1. The zero-order valence-corrected chi connectivity index (χ0v) is 20.1. The van der Waals surface area contributed by atoms with Crippen molar-refractivity contribution < 1.29 is 19.1 Å². The number of rotatable bonds is 8. The Labute approximate surface area is 208 Å². The van der Waals surface area contributed by atoms with Crippen molar-refractivity contribution in [3.63, 3.8) is 0 Å². The van der Waals surface area contributed by atoms with Gasteiger partial charge in [0.15, 0.2) is 11.5 Å². The molecule has 4 rings (SSSR count). The molecule has 3 aromatic carbocycles. The summed E-state index contributed by atoms with van der Waals surface area (Å²) in [6.45, 7) is 2.50. The van der Waals surface area contributed by atoms with Crippen molar-refractivity contribution in [2.75, 3.05) is 6.79 Å². The van der Waals surface area contributed by atoms with Gasteiger partial charge >= 0.3 is 0 Å². The van der Waals surface area contributed by atoms with Crippen LogP contribution in [0.4, 0.5) is 0 Å². The monoisotopic (exact) mass is 498 g/mol. The van der Waals surface area contributed by atoms with Crippen LogP contribution >= 0.6 is 23.2 Å². The number of carbonyl (C=O) groups is 2. The third-order valence-electron chi connectivity index (χ3n) is 5.61. The van der Waals surface area contributed by atoms with Gasteiger partial charge in [0, 0.05) is 23.1 Å². The number of hydrogen-bond acceptors (Lipinski definition) is 4. The van der Waals surface area contributed by atoms with Crippen LogP contribution in [0.2, 0.25) is 10.0 Å². The van der Waals surface area contributed by atoms with Crippen molar-refractivity contribution in [3.8, 4) is 11.5 Å². The first-order valence-corrected chi connectivity index (χ1v) is 11.6. The van der Waals surface area contributed by atoms with Crippen molar-refractivity contribution >= 4 is 35.0 Å². The second-order valence-electron chi connectivity index (χ2n) is 8.03. The van der Waals surface area contributed by atoms with E-state index in [-0.39, 0.29) is 31.6 Å². The molecule has 6 nitrogen and oxygen atoms in total. The molecule has 1 aliphatic heterocycles. The van der Waals surface area contributed by atoms with E-state index in [1.165, 1.54) is 0 Å². The molecule has 0 saturated carbocycles. The van der Waals surface area contributed by atoms with Crippen molar-refractivity contribution in [3.05, 3.63) is 93.5 Å². The summed E-state index contributed by atoms with van der Waals surface area (Å²) >= 11 is 12.0. The Morgan fingerprint density at radius 3 is 2.15 bits per heavy atom.